The van der Waals surface area contributed by atoms with Gasteiger partial charge in [-0.3, -0.25) is 4.90 Å². The van der Waals surface area contributed by atoms with Crippen LogP contribution in [0.2, 0.25) is 0 Å². The quantitative estimate of drug-likeness (QED) is 0.882. The highest BCUT2D eigenvalue weighted by Gasteiger charge is 2.16. The highest BCUT2D eigenvalue weighted by Crippen LogP contribution is 2.20. The predicted octanol–water partition coefficient (Wildman–Crippen LogP) is 2.05. The summed E-state index contributed by atoms with van der Waals surface area (Å²) in [5.74, 6) is 0.962. The molecule has 100 valence electrons. The smallest absolute Gasteiger partial charge is 0.119 e. The minimum atomic E-state index is 0.599. The first kappa shape index (κ1) is 13.4. The molecule has 1 heterocycles. The monoisotopic (exact) mass is 248 g/mol. The van der Waals surface area contributed by atoms with Crippen molar-refractivity contribution in [2.75, 3.05) is 26.7 Å². The topological polar surface area (TPSA) is 24.5 Å². The molecule has 0 radical (unpaired) electrons. The van der Waals surface area contributed by atoms with E-state index in [4.69, 9.17) is 4.74 Å². The third kappa shape index (κ3) is 3.24. The second-order valence-corrected chi connectivity index (χ2v) is 5.08. The van der Waals surface area contributed by atoms with E-state index in [2.05, 4.69) is 42.3 Å². The molecule has 0 unspecified atom stereocenters. The number of hydrogen-bond acceptors (Lipinski definition) is 3. The van der Waals surface area contributed by atoms with E-state index in [1.165, 1.54) is 11.1 Å². The number of nitrogens with zero attached hydrogens (tertiary/aromatic N) is 1. The predicted molar refractivity (Wildman–Crippen MR) is 75.1 cm³/mol. The molecule has 3 nitrogen and oxygen atoms in total. The van der Waals surface area contributed by atoms with Crippen LogP contribution in [-0.2, 0) is 13.0 Å². The van der Waals surface area contributed by atoms with E-state index < -0.39 is 0 Å². The maximum atomic E-state index is 5.30. The van der Waals surface area contributed by atoms with E-state index in [1.807, 2.05) is 0 Å². The summed E-state index contributed by atoms with van der Waals surface area (Å²) < 4.78 is 5.30. The van der Waals surface area contributed by atoms with Gasteiger partial charge in [0.15, 0.2) is 0 Å². The molecule has 0 spiro atoms. The largest absolute Gasteiger partial charge is 0.497 e. The summed E-state index contributed by atoms with van der Waals surface area (Å²) in [6.07, 6.45) is 1.06. The van der Waals surface area contributed by atoms with Crippen LogP contribution < -0.4 is 10.1 Å². The maximum absolute atomic E-state index is 5.30. The zero-order chi connectivity index (χ0) is 13.0. The molecule has 1 atom stereocenters. The molecule has 0 bridgehead atoms. The molecular weight excluding hydrogens is 224 g/mol. The normalized spacial score (nSPS) is 20.9. The summed E-state index contributed by atoms with van der Waals surface area (Å²) in [6.45, 7) is 8.88. The van der Waals surface area contributed by atoms with Crippen LogP contribution in [0.3, 0.4) is 0 Å². The molecule has 1 aliphatic rings. The summed E-state index contributed by atoms with van der Waals surface area (Å²) in [6, 6.07) is 7.05. The van der Waals surface area contributed by atoms with Crippen molar-refractivity contribution in [3.05, 3.63) is 29.3 Å². The van der Waals surface area contributed by atoms with Crippen LogP contribution in [0.5, 0.6) is 5.75 Å². The average Bonchev–Trinajstić information content (AvgIpc) is 2.39. The van der Waals surface area contributed by atoms with Gasteiger partial charge >= 0.3 is 0 Å². The van der Waals surface area contributed by atoms with Crippen LogP contribution in [0.15, 0.2) is 18.2 Å². The standard InChI is InChI=1S/C15H24N2O/c1-4-13-9-15(18-3)6-5-14(13)11-17-8-7-16-12(2)10-17/h5-6,9,12,16H,4,7-8,10-11H2,1-3H3/t12-/m1/s1. The zero-order valence-corrected chi connectivity index (χ0v) is 11.7. The Morgan fingerprint density at radius 1 is 1.39 bits per heavy atom. The van der Waals surface area contributed by atoms with E-state index in [1.54, 1.807) is 7.11 Å². The molecule has 1 aliphatic heterocycles. The molecule has 1 fully saturated rings. The Labute approximate surface area is 110 Å². The lowest BCUT2D eigenvalue weighted by atomic mass is 10.0. The van der Waals surface area contributed by atoms with E-state index in [-0.39, 0.29) is 0 Å². The minimum Gasteiger partial charge on any atom is -0.497 e. The maximum Gasteiger partial charge on any atom is 0.119 e. The lowest BCUT2D eigenvalue weighted by molar-refractivity contribution is 0.199. The molecule has 0 aromatic heterocycles. The molecule has 18 heavy (non-hydrogen) atoms. The van der Waals surface area contributed by atoms with Gasteiger partial charge in [-0.25, -0.2) is 0 Å². The number of benzene rings is 1. The molecule has 1 N–H and O–H groups in total. The Kier molecular flexibility index (Phi) is 4.61. The van der Waals surface area contributed by atoms with Gasteiger partial charge in [0.25, 0.3) is 0 Å². The molecule has 0 aliphatic carbocycles. The van der Waals surface area contributed by atoms with Crippen molar-refractivity contribution in [3.63, 3.8) is 0 Å². The van der Waals surface area contributed by atoms with Gasteiger partial charge in [0.2, 0.25) is 0 Å². The number of hydrogen-bond donors (Lipinski definition) is 1. The molecular formula is C15H24N2O. The van der Waals surface area contributed by atoms with Crippen molar-refractivity contribution in [2.24, 2.45) is 0 Å². The van der Waals surface area contributed by atoms with Gasteiger partial charge in [-0.1, -0.05) is 13.0 Å². The Morgan fingerprint density at radius 2 is 2.22 bits per heavy atom. The highest BCUT2D eigenvalue weighted by molar-refractivity contribution is 5.35. The number of aryl methyl sites for hydroxylation is 1. The van der Waals surface area contributed by atoms with E-state index >= 15 is 0 Å². The Bertz CT molecular complexity index is 392. The van der Waals surface area contributed by atoms with Gasteiger partial charge in [0.05, 0.1) is 7.11 Å². The van der Waals surface area contributed by atoms with E-state index in [0.717, 1.165) is 38.3 Å². The molecule has 0 saturated carbocycles. The van der Waals surface area contributed by atoms with Crippen LogP contribution in [-0.4, -0.2) is 37.7 Å². The lowest BCUT2D eigenvalue weighted by Crippen LogP contribution is -2.48. The number of rotatable bonds is 4. The molecule has 1 saturated heterocycles. The summed E-state index contributed by atoms with van der Waals surface area (Å²) >= 11 is 0. The van der Waals surface area contributed by atoms with Gasteiger partial charge in [-0.2, -0.15) is 0 Å². The van der Waals surface area contributed by atoms with Crippen molar-refractivity contribution in [2.45, 2.75) is 32.9 Å². The van der Waals surface area contributed by atoms with Crippen LogP contribution in [0.1, 0.15) is 25.0 Å². The fourth-order valence-electron chi connectivity index (χ4n) is 2.61. The SMILES string of the molecule is CCc1cc(OC)ccc1CN1CCN[C@H](C)C1. The van der Waals surface area contributed by atoms with Gasteiger partial charge in [-0.15, -0.1) is 0 Å². The molecule has 0 amide bonds. The first-order valence-corrected chi connectivity index (χ1v) is 6.84. The summed E-state index contributed by atoms with van der Waals surface area (Å²) in [5.41, 5.74) is 2.84. The fraction of sp³-hybridized carbons (Fsp3) is 0.600. The Morgan fingerprint density at radius 3 is 2.89 bits per heavy atom. The first-order chi connectivity index (χ1) is 8.72. The van der Waals surface area contributed by atoms with Gasteiger partial charge in [0.1, 0.15) is 5.75 Å². The molecule has 3 heteroatoms. The third-order valence-electron chi connectivity index (χ3n) is 3.64. The van der Waals surface area contributed by atoms with Crippen molar-refractivity contribution in [1.29, 1.82) is 0 Å². The van der Waals surface area contributed by atoms with E-state index in [0.29, 0.717) is 6.04 Å². The zero-order valence-electron chi connectivity index (χ0n) is 11.7. The molecule has 1 aromatic carbocycles. The van der Waals surface area contributed by atoms with Gasteiger partial charge in [0, 0.05) is 32.2 Å². The number of methoxy groups -OCH3 is 1. The average molecular weight is 248 g/mol. The second kappa shape index (κ2) is 6.21. The van der Waals surface area contributed by atoms with Crippen LogP contribution >= 0.6 is 0 Å². The Hall–Kier alpha value is -1.06. The second-order valence-electron chi connectivity index (χ2n) is 5.08. The first-order valence-electron chi connectivity index (χ1n) is 6.84. The van der Waals surface area contributed by atoms with Gasteiger partial charge in [-0.05, 0) is 36.6 Å². The highest BCUT2D eigenvalue weighted by atomic mass is 16.5. The summed E-state index contributed by atoms with van der Waals surface area (Å²) in [5, 5.41) is 3.48. The van der Waals surface area contributed by atoms with Gasteiger partial charge < -0.3 is 10.1 Å². The lowest BCUT2D eigenvalue weighted by Gasteiger charge is -2.32. The number of nitrogens with one attached hydrogen (secondary N) is 1. The van der Waals surface area contributed by atoms with Crippen LogP contribution in [0, 0.1) is 0 Å². The van der Waals surface area contributed by atoms with E-state index in [9.17, 15) is 0 Å². The number of ether oxygens (including phenoxy) is 1. The Balaban J connectivity index is 2.08. The molecule has 1 aromatic rings. The van der Waals surface area contributed by atoms with Crippen molar-refractivity contribution < 1.29 is 4.74 Å². The summed E-state index contributed by atoms with van der Waals surface area (Å²) in [7, 11) is 1.73. The summed E-state index contributed by atoms with van der Waals surface area (Å²) in [4.78, 5) is 2.53. The third-order valence-corrected chi connectivity index (χ3v) is 3.64. The van der Waals surface area contributed by atoms with Crippen LogP contribution in [0.25, 0.3) is 0 Å². The van der Waals surface area contributed by atoms with Crippen molar-refractivity contribution in [3.8, 4) is 5.75 Å². The number of piperazine rings is 1. The molecule has 2 rings (SSSR count). The van der Waals surface area contributed by atoms with Crippen molar-refractivity contribution in [1.82, 2.24) is 10.2 Å². The van der Waals surface area contributed by atoms with Crippen molar-refractivity contribution >= 4 is 0 Å². The minimum absolute atomic E-state index is 0.599. The van der Waals surface area contributed by atoms with Crippen LogP contribution in [0.4, 0.5) is 0 Å². The fourth-order valence-corrected chi connectivity index (χ4v) is 2.61.